The van der Waals surface area contributed by atoms with Gasteiger partial charge in [0.2, 0.25) is 22.9 Å². The van der Waals surface area contributed by atoms with Crippen LogP contribution >= 0.6 is 79.6 Å². The van der Waals surface area contributed by atoms with Crippen LogP contribution in [0.5, 0.6) is 0 Å². The number of aliphatic hydroxyl groups excluding tert-OH is 7. The van der Waals surface area contributed by atoms with Crippen molar-refractivity contribution in [2.75, 3.05) is 60.5 Å². The number of hydrogen-bond acceptors (Lipinski definition) is 27. The van der Waals surface area contributed by atoms with Crippen LogP contribution in [-0.2, 0) is 23.7 Å². The summed E-state index contributed by atoms with van der Waals surface area (Å²) < 4.78 is 93.7. The highest BCUT2D eigenvalue weighted by molar-refractivity contribution is 9.10. The molecule has 5 aliphatic rings. The number of nitrogen functional groups attached to an aromatic ring is 2. The van der Waals surface area contributed by atoms with Gasteiger partial charge in [-0.05, 0) is 146 Å². The molecule has 0 spiro atoms. The molecule has 5 aliphatic heterocycles. The number of nitrogens with two attached hydrogens (primary N) is 2. The Hall–Kier alpha value is -8.36. The number of ether oxygens (including phenoxy) is 5. The van der Waals surface area contributed by atoms with E-state index in [1.165, 1.54) is 61.3 Å². The molecule has 35 nitrogen and oxygen atoms in total. The lowest BCUT2D eigenvalue weighted by atomic mass is 10.0. The highest BCUT2D eigenvalue weighted by Crippen LogP contribution is 2.52. The first-order valence-electron chi connectivity index (χ1n) is 33.9. The lowest BCUT2D eigenvalue weighted by Gasteiger charge is -2.23. The molecule has 0 saturated carbocycles. The fourth-order valence-electron chi connectivity index (χ4n) is 11.7. The predicted octanol–water partition coefficient (Wildman–Crippen LogP) is 4.52. The van der Waals surface area contributed by atoms with Crippen molar-refractivity contribution in [3.05, 3.63) is 221 Å². The largest absolute Gasteiger partial charge is 0.394 e. The number of rotatable bonds is 16. The van der Waals surface area contributed by atoms with Crippen LogP contribution in [0.2, 0.25) is 0 Å². The van der Waals surface area contributed by atoms with Crippen molar-refractivity contribution in [1.29, 1.82) is 0 Å². The Bertz CT molecular complexity index is 4570. The van der Waals surface area contributed by atoms with Crippen LogP contribution < -0.4 is 55.9 Å². The maximum absolute atomic E-state index is 14.9. The minimum Gasteiger partial charge on any atom is -0.394 e. The molecule has 13 rings (SSSR count). The molecule has 14 N–H and O–H groups in total. The van der Waals surface area contributed by atoms with Gasteiger partial charge < -0.3 is 86.8 Å². The third-order valence-electron chi connectivity index (χ3n) is 18.3. The summed E-state index contributed by atoms with van der Waals surface area (Å²) in [6.45, 7) is 2.46. The van der Waals surface area contributed by atoms with Crippen molar-refractivity contribution in [2.24, 2.45) is 17.8 Å². The third-order valence-corrected chi connectivity index (χ3v) is 23.4. The number of alkyl halides is 10. The molecule has 5 saturated heterocycles. The predicted molar refractivity (Wildman–Crippen MR) is 413 cm³/mol. The van der Waals surface area contributed by atoms with E-state index < -0.39 is 174 Å². The van der Waals surface area contributed by atoms with E-state index in [0.29, 0.717) is 16.7 Å². The zero-order valence-corrected chi connectivity index (χ0v) is 67.4. The van der Waals surface area contributed by atoms with E-state index in [4.69, 9.17) is 50.5 Å². The van der Waals surface area contributed by atoms with Gasteiger partial charge >= 0.3 is 28.4 Å². The molecule has 5 aromatic heterocycles. The molecular weight excluding hydrogens is 1850 g/mol. The Kier molecular flexibility index (Phi) is 29.6. The number of benzene rings is 3. The maximum Gasteiger partial charge on any atom is 0.351 e. The van der Waals surface area contributed by atoms with Crippen LogP contribution in [0.4, 0.5) is 51.0 Å². The molecule has 0 radical (unpaired) electrons. The monoisotopic (exact) mass is 1920 g/mol. The Balaban J connectivity index is 0.000000165. The highest BCUT2D eigenvalue weighted by Gasteiger charge is 2.60. The van der Waals surface area contributed by atoms with Crippen molar-refractivity contribution in [2.45, 2.75) is 118 Å². The molecule has 5 fully saturated rings. The van der Waals surface area contributed by atoms with Gasteiger partial charge in [-0.1, -0.05) is 75.4 Å². The zero-order chi connectivity index (χ0) is 83.7. The van der Waals surface area contributed by atoms with Gasteiger partial charge in [-0.3, -0.25) is 37.2 Å². The van der Waals surface area contributed by atoms with Crippen LogP contribution in [0.15, 0.2) is 176 Å². The van der Waals surface area contributed by atoms with Gasteiger partial charge in [0.05, 0.1) is 51.3 Å². The summed E-state index contributed by atoms with van der Waals surface area (Å²) in [5.41, 5.74) is 7.92. The number of aliphatic hydroxyl groups is 7. The average Bonchev–Trinajstić information content (AvgIpc) is 1.65. The number of carbonyl (C=O) groups is 3. The van der Waals surface area contributed by atoms with Crippen molar-refractivity contribution in [3.8, 4) is 0 Å². The molecule has 614 valence electrons. The van der Waals surface area contributed by atoms with Gasteiger partial charge in [0, 0.05) is 65.4 Å². The number of amides is 3. The van der Waals surface area contributed by atoms with E-state index in [2.05, 4.69) is 121 Å². The molecular formula is C69H73Br5F5N15O20. The number of nitrogens with one attached hydrogen (secondary N) is 3. The first-order valence-corrected chi connectivity index (χ1v) is 37.9. The molecule has 5 unspecified atom stereocenters. The number of aromatic nitrogens is 10. The van der Waals surface area contributed by atoms with Crippen molar-refractivity contribution in [1.82, 2.24) is 47.8 Å². The maximum atomic E-state index is 14.9. The minimum absolute atomic E-state index is 0.00691. The van der Waals surface area contributed by atoms with E-state index in [9.17, 15) is 80.7 Å². The van der Waals surface area contributed by atoms with E-state index >= 15 is 0 Å². The second kappa shape index (κ2) is 37.7. The number of halogens is 10. The number of anilines is 5. The summed E-state index contributed by atoms with van der Waals surface area (Å²) in [5.74, 6) is -3.14. The van der Waals surface area contributed by atoms with Gasteiger partial charge in [-0.15, -0.1) is 0 Å². The molecule has 114 heavy (non-hydrogen) atoms. The summed E-state index contributed by atoms with van der Waals surface area (Å²) in [6.07, 6.45) is -8.27. The van der Waals surface area contributed by atoms with E-state index in [0.717, 1.165) is 22.8 Å². The second-order valence-electron chi connectivity index (χ2n) is 25.7. The summed E-state index contributed by atoms with van der Waals surface area (Å²) in [4.78, 5) is 115. The molecule has 3 aromatic carbocycles. The van der Waals surface area contributed by atoms with Crippen LogP contribution in [0, 0.1) is 17.8 Å². The van der Waals surface area contributed by atoms with Crippen molar-refractivity contribution >= 4 is 126 Å². The van der Waals surface area contributed by atoms with Gasteiger partial charge in [-0.2, -0.15) is 24.9 Å². The number of hydrogen-bond donors (Lipinski definition) is 12. The molecule has 0 aliphatic carbocycles. The van der Waals surface area contributed by atoms with Gasteiger partial charge in [0.1, 0.15) is 53.5 Å². The summed E-state index contributed by atoms with van der Waals surface area (Å²) in [6, 6.07) is 32.0. The fourth-order valence-corrected chi connectivity index (χ4v) is 14.8. The van der Waals surface area contributed by atoms with Gasteiger partial charge in [0.25, 0.3) is 17.7 Å². The summed E-state index contributed by atoms with van der Waals surface area (Å²) in [5, 5.41) is 72.7. The third kappa shape index (κ3) is 19.8. The SMILES string of the molecule is C[C@H]1[C@@H](CO)O[C@@H](n2ccc(N)nc2=O)C1(F)Br.C[C@H]1[C@@H](CO)O[C@@H](n2ccc(NC(=O)c3ccccc3)nc2=O)C1(F)Br.C[C@H]1[C@@H](CO)O[C@@H](n2ccc(NC(=O)c3ccccc3)nc2=O)C1(F)Br.Nc1ccn([C@@H]2O[C@H](CO)[C@H](O)C2(F)Br)c(=O)n1.O=C(Nc1ccn([C@@H]2O[C@H](CO)[C@H](O)C2(F)Br)c(=O)n1)c1ccccc1. The molecule has 20 atom stereocenters. The minimum atomic E-state index is -2.49. The highest BCUT2D eigenvalue weighted by atomic mass is 79.9. The topological polar surface area (TPSA) is 502 Å². The van der Waals surface area contributed by atoms with Crippen molar-refractivity contribution in [3.63, 3.8) is 0 Å². The lowest BCUT2D eigenvalue weighted by Crippen LogP contribution is -2.40. The first-order chi connectivity index (χ1) is 53.8. The fraction of sp³-hybridized carbons (Fsp3) is 0.406. The molecule has 10 heterocycles. The zero-order valence-electron chi connectivity index (χ0n) is 59.5. The van der Waals surface area contributed by atoms with E-state index in [1.54, 1.807) is 112 Å². The summed E-state index contributed by atoms with van der Waals surface area (Å²) >= 11 is 14.2. The van der Waals surface area contributed by atoms with Gasteiger partial charge in [0.15, 0.2) is 31.1 Å². The average molecular weight is 1930 g/mol. The smallest absolute Gasteiger partial charge is 0.351 e. The normalized spacial score (nSPS) is 30.5. The molecule has 3 amide bonds. The van der Waals surface area contributed by atoms with Crippen LogP contribution in [0.25, 0.3) is 0 Å². The van der Waals surface area contributed by atoms with E-state index in [-0.39, 0.29) is 48.9 Å². The number of carbonyl (C=O) groups excluding carboxylic acids is 3. The standard InChI is InChI=1S/2C17H17BrFN3O4.C16H15BrFN3O5.C10H13BrFN3O3.C9H11BrFN3O4/c2*1-10-12(9-23)26-15(17(10,18)19)22-8-7-13(21-16(22)25)20-14(24)11-5-3-2-4-6-11;17-16(18)12(23)10(8-22)26-14(16)21-7-6-11(20-15(21)25)19-13(24)9-4-2-1-3-5-9;1-5-6(4-16)18-8(10(5,11)12)15-3-2-7(13)14-9(15)17;10-9(11)6(16)4(3-15)18-7(9)14-2-1-5(12)13-8(14)17/h2*2-8,10,12,15,23H,9H2,1H3,(H,20,21,24,25);1-7,10,12,14,22-23H,8H2,(H,19,20,24,25);2-3,5-6,8,16H,4H2,1H3,(H2,13,14,17);1-2,4,6-7,15-16H,3H2,(H2,12,13,17)/t2*10-,12+,15+,17?;10-,12+,14-,16?;5-,6+,8+,10?;4-,6+,7-,9?/m00101/s1. The Morgan fingerprint density at radius 2 is 0.579 bits per heavy atom. The van der Waals surface area contributed by atoms with Crippen LogP contribution in [0.1, 0.15) is 83.0 Å². The molecule has 45 heteroatoms. The Morgan fingerprint density at radius 1 is 0.368 bits per heavy atom. The Labute approximate surface area is 682 Å². The first kappa shape index (κ1) is 89.6. The van der Waals surface area contributed by atoms with Gasteiger partial charge in [-0.25, -0.2) is 45.9 Å². The lowest BCUT2D eigenvalue weighted by molar-refractivity contribution is -0.0506. The second-order valence-corrected chi connectivity index (χ2v) is 31.8. The Morgan fingerprint density at radius 3 is 0.781 bits per heavy atom. The van der Waals surface area contributed by atoms with Crippen LogP contribution in [0.3, 0.4) is 0 Å². The van der Waals surface area contributed by atoms with Crippen LogP contribution in [-0.4, -0.2) is 200 Å². The quantitative estimate of drug-likeness (QED) is 0.0467. The molecule has 8 aromatic rings. The van der Waals surface area contributed by atoms with E-state index in [1.807, 2.05) is 0 Å². The number of nitrogens with zero attached hydrogens (tertiary/aromatic N) is 10. The van der Waals surface area contributed by atoms with Crippen molar-refractivity contribution < 1.29 is 95.8 Å². The molecule has 0 bridgehead atoms. The summed E-state index contributed by atoms with van der Waals surface area (Å²) in [7, 11) is 0.